The molecule has 5 aliphatic rings. The predicted molar refractivity (Wildman–Crippen MR) is 185 cm³/mol. The van der Waals surface area contributed by atoms with Crippen molar-refractivity contribution in [2.45, 2.75) is 138 Å². The van der Waals surface area contributed by atoms with Crippen molar-refractivity contribution in [3.05, 3.63) is 27.2 Å². The van der Waals surface area contributed by atoms with E-state index in [0.717, 1.165) is 61.9 Å². The van der Waals surface area contributed by atoms with Crippen LogP contribution < -0.4 is 5.32 Å². The maximum atomic E-state index is 13.8. The lowest BCUT2D eigenvalue weighted by Gasteiger charge is -2.68. The summed E-state index contributed by atoms with van der Waals surface area (Å²) in [5.74, 6) is 0.294. The highest BCUT2D eigenvalue weighted by atomic mass is 32.1. The fourth-order valence-corrected chi connectivity index (χ4v) is 12.6. The Labute approximate surface area is 290 Å². The minimum Gasteiger partial charge on any atom is -0.481 e. The van der Waals surface area contributed by atoms with Crippen molar-refractivity contribution < 1.29 is 29.0 Å². The van der Waals surface area contributed by atoms with Crippen LogP contribution in [0.4, 0.5) is 0 Å². The van der Waals surface area contributed by atoms with Crippen molar-refractivity contribution in [3.8, 4) is 0 Å². The number of aromatic nitrogens is 1. The minimum absolute atomic E-state index is 0.0801. The maximum Gasteiger partial charge on any atom is 0.309 e. The summed E-state index contributed by atoms with van der Waals surface area (Å²) >= 11 is 1.47. The second-order valence-corrected chi connectivity index (χ2v) is 19.1. The molecule has 6 rings (SSSR count). The molecular formula is C39H56N2O6S. The lowest BCUT2D eigenvalue weighted by molar-refractivity contribution is -0.213. The first kappa shape index (κ1) is 35.3. The third-order valence-corrected chi connectivity index (χ3v) is 14.9. The highest BCUT2D eigenvalue weighted by molar-refractivity contribution is 7.09. The Bertz CT molecular complexity index is 1560. The summed E-state index contributed by atoms with van der Waals surface area (Å²) in [6.45, 7) is 18.8. The first-order chi connectivity index (χ1) is 22.3. The van der Waals surface area contributed by atoms with E-state index in [-0.39, 0.29) is 52.3 Å². The Hall–Kier alpha value is -2.55. The molecule has 5 unspecified atom stereocenters. The summed E-state index contributed by atoms with van der Waals surface area (Å²) in [6.07, 6.45) is 7.73. The summed E-state index contributed by atoms with van der Waals surface area (Å²) in [7, 11) is 0. The molecule has 9 heteroatoms. The van der Waals surface area contributed by atoms with Crippen molar-refractivity contribution in [2.24, 2.45) is 51.2 Å². The molecule has 4 saturated carbocycles. The smallest absolute Gasteiger partial charge is 0.309 e. The van der Waals surface area contributed by atoms with Gasteiger partial charge in [0.05, 0.1) is 22.4 Å². The molecule has 0 aliphatic heterocycles. The number of ketones is 1. The Morgan fingerprint density at radius 3 is 2.33 bits per heavy atom. The molecular weight excluding hydrogens is 625 g/mol. The monoisotopic (exact) mass is 680 g/mol. The van der Waals surface area contributed by atoms with Crippen molar-refractivity contribution in [2.75, 3.05) is 0 Å². The molecule has 5 aliphatic carbocycles. The summed E-state index contributed by atoms with van der Waals surface area (Å²) in [6, 6.07) is 0. The SMILES string of the molecule is Cc1nc(C(=O)N[C@@]23CCC4C(CCC5C6(C)CC[C@H](OC(=O)CC(C)(C)C(=O)O)C(C)(C)C6CC[C@@]45C)C2=C(C(C)C)C(=O)C3)cs1. The number of Topliss-reactive ketones (excluding diaryl/α,β-unsaturated/α-hetero) is 1. The van der Waals surface area contributed by atoms with Crippen molar-refractivity contribution in [1.29, 1.82) is 0 Å². The van der Waals surface area contributed by atoms with E-state index in [4.69, 9.17) is 4.74 Å². The van der Waals surface area contributed by atoms with Gasteiger partial charge >= 0.3 is 11.9 Å². The molecule has 1 heterocycles. The Balaban J connectivity index is 1.27. The van der Waals surface area contributed by atoms with Crippen LogP contribution >= 0.6 is 11.3 Å². The number of allylic oxidation sites excluding steroid dienone is 1. The number of carboxylic acids is 1. The van der Waals surface area contributed by atoms with Gasteiger partial charge in [-0.1, -0.05) is 41.5 Å². The molecule has 4 fully saturated rings. The van der Waals surface area contributed by atoms with Crippen LogP contribution in [-0.4, -0.2) is 45.4 Å². The van der Waals surface area contributed by atoms with Crippen molar-refractivity contribution in [1.82, 2.24) is 10.3 Å². The molecule has 1 amide bonds. The number of thiazole rings is 1. The fraction of sp³-hybridized carbons (Fsp3) is 0.769. The van der Waals surface area contributed by atoms with E-state index < -0.39 is 22.9 Å². The van der Waals surface area contributed by atoms with E-state index in [2.05, 4.69) is 51.8 Å². The van der Waals surface area contributed by atoms with Gasteiger partial charge in [-0.3, -0.25) is 19.2 Å². The van der Waals surface area contributed by atoms with E-state index in [1.165, 1.54) is 16.9 Å². The van der Waals surface area contributed by atoms with Gasteiger partial charge in [0.25, 0.3) is 5.91 Å². The number of esters is 1. The first-order valence-corrected chi connectivity index (χ1v) is 19.1. The number of fused-ring (bicyclic) bond motifs is 7. The van der Waals surface area contributed by atoms with Crippen LogP contribution in [0.15, 0.2) is 16.5 Å². The van der Waals surface area contributed by atoms with E-state index in [1.807, 2.05) is 12.3 Å². The molecule has 0 radical (unpaired) electrons. The van der Waals surface area contributed by atoms with Crippen molar-refractivity contribution >= 4 is 35.0 Å². The summed E-state index contributed by atoms with van der Waals surface area (Å²) in [5, 5.41) is 15.6. The van der Waals surface area contributed by atoms with Gasteiger partial charge in [0.2, 0.25) is 0 Å². The second kappa shape index (κ2) is 11.8. The lowest BCUT2D eigenvalue weighted by Crippen LogP contribution is -2.64. The normalized spacial score (nSPS) is 37.3. The van der Waals surface area contributed by atoms with E-state index in [0.29, 0.717) is 29.9 Å². The zero-order valence-corrected chi connectivity index (χ0v) is 31.3. The van der Waals surface area contributed by atoms with Gasteiger partial charge < -0.3 is 15.2 Å². The number of rotatable bonds is 7. The summed E-state index contributed by atoms with van der Waals surface area (Å²) < 4.78 is 6.12. The van der Waals surface area contributed by atoms with E-state index in [1.54, 1.807) is 13.8 Å². The third kappa shape index (κ3) is 5.40. The zero-order chi connectivity index (χ0) is 35.2. The molecule has 0 aromatic carbocycles. The first-order valence-electron chi connectivity index (χ1n) is 18.2. The number of nitrogens with zero attached hydrogens (tertiary/aromatic N) is 1. The number of carbonyl (C=O) groups excluding carboxylic acids is 3. The molecule has 1 aromatic rings. The summed E-state index contributed by atoms with van der Waals surface area (Å²) in [4.78, 5) is 56.5. The molecule has 0 spiro atoms. The lowest BCUT2D eigenvalue weighted by atomic mass is 9.37. The van der Waals surface area contributed by atoms with Gasteiger partial charge in [0.1, 0.15) is 11.8 Å². The molecule has 264 valence electrons. The summed E-state index contributed by atoms with van der Waals surface area (Å²) in [5.41, 5.74) is 0.774. The molecule has 2 N–H and O–H groups in total. The molecule has 8 atom stereocenters. The van der Waals surface area contributed by atoms with Crippen LogP contribution in [0.2, 0.25) is 0 Å². The van der Waals surface area contributed by atoms with Gasteiger partial charge in [0, 0.05) is 17.2 Å². The predicted octanol–water partition coefficient (Wildman–Crippen LogP) is 7.94. The van der Waals surface area contributed by atoms with Crippen molar-refractivity contribution in [3.63, 3.8) is 0 Å². The largest absolute Gasteiger partial charge is 0.481 e. The highest BCUT2D eigenvalue weighted by Gasteiger charge is 2.67. The number of aliphatic carboxylic acids is 1. The van der Waals surface area contributed by atoms with Gasteiger partial charge in [0.15, 0.2) is 5.78 Å². The topological polar surface area (TPSA) is 123 Å². The Morgan fingerprint density at radius 2 is 1.71 bits per heavy atom. The molecule has 0 bridgehead atoms. The number of nitrogens with one attached hydrogen (secondary N) is 1. The average Bonchev–Trinajstić information content (AvgIpc) is 3.54. The number of hydrogen-bond acceptors (Lipinski definition) is 7. The van der Waals surface area contributed by atoms with Crippen LogP contribution in [0.5, 0.6) is 0 Å². The van der Waals surface area contributed by atoms with Gasteiger partial charge in [-0.25, -0.2) is 4.98 Å². The zero-order valence-electron chi connectivity index (χ0n) is 30.5. The number of carbonyl (C=O) groups is 4. The van der Waals surface area contributed by atoms with E-state index in [9.17, 15) is 24.3 Å². The molecule has 48 heavy (non-hydrogen) atoms. The van der Waals surface area contributed by atoms with Crippen LogP contribution in [-0.2, 0) is 19.1 Å². The number of aryl methyl sites for hydroxylation is 1. The number of amides is 1. The van der Waals surface area contributed by atoms with E-state index >= 15 is 0 Å². The highest BCUT2D eigenvalue weighted by Crippen LogP contribution is 2.72. The molecule has 0 saturated heterocycles. The number of ether oxygens (including phenoxy) is 1. The third-order valence-electron chi connectivity index (χ3n) is 14.2. The maximum absolute atomic E-state index is 13.8. The molecule has 1 aromatic heterocycles. The average molecular weight is 681 g/mol. The second-order valence-electron chi connectivity index (χ2n) is 18.1. The molecule has 8 nitrogen and oxygen atoms in total. The Morgan fingerprint density at radius 1 is 1.02 bits per heavy atom. The standard InChI is InChI=1S/C39H56N2O6S/c1-21(2)31-26(42)18-39(41-33(44)25-20-48-22(3)40-25)17-12-24-23(32(31)39)10-11-28-37(24,8)15-13-27-36(6,7)29(14-16-38(27,28)9)47-30(43)19-35(4,5)34(45)46/h20-21,23-24,27-29H,10-19H2,1-9H3,(H,41,44)(H,45,46)/t23?,24?,27?,28?,29-,37-,38?,39+/m0/s1. The Kier molecular flexibility index (Phi) is 8.65. The van der Waals surface area contributed by atoms with Gasteiger partial charge in [-0.15, -0.1) is 11.3 Å². The van der Waals surface area contributed by atoms with Gasteiger partial charge in [-0.05, 0) is 124 Å². The van der Waals surface area contributed by atoms with Crippen LogP contribution in [0, 0.1) is 58.2 Å². The van der Waals surface area contributed by atoms with Crippen LogP contribution in [0.25, 0.3) is 0 Å². The fourth-order valence-electron chi connectivity index (χ4n) is 12.0. The van der Waals surface area contributed by atoms with Crippen LogP contribution in [0.3, 0.4) is 0 Å². The minimum atomic E-state index is -1.16. The number of hydrogen-bond donors (Lipinski definition) is 2. The quantitative estimate of drug-likeness (QED) is 0.280. The van der Waals surface area contributed by atoms with Crippen LogP contribution in [0.1, 0.15) is 135 Å². The number of carboxylic acid groups (broad SMARTS) is 1. The van der Waals surface area contributed by atoms with Gasteiger partial charge in [-0.2, -0.15) is 0 Å².